The molecule has 0 aliphatic rings. The molecule has 0 aromatic heterocycles. The van der Waals surface area contributed by atoms with Crippen molar-refractivity contribution in [3.8, 4) is 0 Å². The maximum atomic E-state index is 12.5. The van der Waals surface area contributed by atoms with Crippen LogP contribution >= 0.6 is 0 Å². The Balaban J connectivity index is 2.84. The second-order valence-corrected chi connectivity index (χ2v) is 3.95. The minimum atomic E-state index is -4.31. The summed E-state index contributed by atoms with van der Waals surface area (Å²) < 4.78 is 42.6. The number of aryl methyl sites for hydroxylation is 1. The summed E-state index contributed by atoms with van der Waals surface area (Å²) in [5, 5.41) is 2.95. The zero-order valence-electron chi connectivity index (χ0n) is 10.1. The first-order valence-electron chi connectivity index (χ1n) is 5.29. The summed E-state index contributed by atoms with van der Waals surface area (Å²) in [6.45, 7) is 4.08. The van der Waals surface area contributed by atoms with Crippen LogP contribution in [0.25, 0.3) is 0 Å². The van der Waals surface area contributed by atoms with E-state index < -0.39 is 11.7 Å². The predicted molar refractivity (Wildman–Crippen MR) is 61.1 cm³/mol. The van der Waals surface area contributed by atoms with Crippen LogP contribution in [0.3, 0.4) is 0 Å². The third-order valence-electron chi connectivity index (χ3n) is 2.55. The molecule has 96 valence electrons. The number of nitrogens with one attached hydrogen (secondary N) is 1. The minimum Gasteiger partial charge on any atom is -0.382 e. The van der Waals surface area contributed by atoms with E-state index in [9.17, 15) is 13.2 Å². The number of hydrogen-bond acceptors (Lipinski definition) is 2. The smallest absolute Gasteiger partial charge is 0.382 e. The van der Waals surface area contributed by atoms with Gasteiger partial charge in [0, 0.05) is 19.3 Å². The highest BCUT2D eigenvalue weighted by Gasteiger charge is 2.30. The van der Waals surface area contributed by atoms with Gasteiger partial charge in [0.05, 0.1) is 11.7 Å². The molecule has 1 N–H and O–H groups in total. The molecule has 0 aliphatic carbocycles. The van der Waals surface area contributed by atoms with Gasteiger partial charge in [-0.15, -0.1) is 0 Å². The molecule has 1 aromatic rings. The molecule has 0 fully saturated rings. The highest BCUT2D eigenvalue weighted by Crippen LogP contribution is 2.31. The van der Waals surface area contributed by atoms with E-state index in [0.29, 0.717) is 12.2 Å². The molecule has 0 bridgehead atoms. The van der Waals surface area contributed by atoms with Gasteiger partial charge in [0.1, 0.15) is 0 Å². The average Bonchev–Trinajstić information content (AvgIpc) is 2.26. The molecule has 1 rings (SSSR count). The maximum absolute atomic E-state index is 12.5. The molecular formula is C12H16F3NO. The van der Waals surface area contributed by atoms with Gasteiger partial charge in [-0.05, 0) is 31.5 Å². The van der Waals surface area contributed by atoms with Gasteiger partial charge in [-0.1, -0.05) is 6.07 Å². The monoisotopic (exact) mass is 247 g/mol. The Labute approximate surface area is 98.8 Å². The molecule has 2 nitrogen and oxygen atoms in total. The summed E-state index contributed by atoms with van der Waals surface area (Å²) in [5.41, 5.74) is 0.626. The van der Waals surface area contributed by atoms with Gasteiger partial charge in [0.15, 0.2) is 0 Å². The summed E-state index contributed by atoms with van der Waals surface area (Å²) >= 11 is 0. The highest BCUT2D eigenvalue weighted by atomic mass is 19.4. The number of rotatable bonds is 4. The highest BCUT2D eigenvalue weighted by molar-refractivity contribution is 5.53. The van der Waals surface area contributed by atoms with Crippen molar-refractivity contribution >= 4 is 5.69 Å². The van der Waals surface area contributed by atoms with Crippen LogP contribution in [0.2, 0.25) is 0 Å². The van der Waals surface area contributed by atoms with Crippen molar-refractivity contribution in [3.05, 3.63) is 29.3 Å². The van der Waals surface area contributed by atoms with Gasteiger partial charge >= 0.3 is 6.18 Å². The molecule has 17 heavy (non-hydrogen) atoms. The van der Waals surface area contributed by atoms with Gasteiger partial charge in [0.25, 0.3) is 0 Å². The van der Waals surface area contributed by atoms with E-state index >= 15 is 0 Å². The van der Waals surface area contributed by atoms with Crippen LogP contribution in [0.4, 0.5) is 18.9 Å². The van der Waals surface area contributed by atoms with Crippen molar-refractivity contribution in [2.75, 3.05) is 19.0 Å². The second-order valence-electron chi connectivity index (χ2n) is 3.95. The molecule has 0 amide bonds. The van der Waals surface area contributed by atoms with Gasteiger partial charge in [-0.25, -0.2) is 0 Å². The lowest BCUT2D eigenvalue weighted by Crippen LogP contribution is -2.19. The van der Waals surface area contributed by atoms with Gasteiger partial charge in [-0.3, -0.25) is 0 Å². The summed E-state index contributed by atoms with van der Waals surface area (Å²) in [6, 6.07) is 3.67. The fraction of sp³-hybridized carbons (Fsp3) is 0.500. The number of methoxy groups -OCH3 is 1. The number of hydrogen-bond donors (Lipinski definition) is 1. The Bertz CT molecular complexity index is 377. The van der Waals surface area contributed by atoms with Crippen LogP contribution in [0.15, 0.2) is 18.2 Å². The summed E-state index contributed by atoms with van der Waals surface area (Å²) in [7, 11) is 1.56. The normalized spacial score (nSPS) is 13.5. The van der Waals surface area contributed by atoms with Crippen LogP contribution in [0.1, 0.15) is 18.1 Å². The van der Waals surface area contributed by atoms with Crippen LogP contribution < -0.4 is 5.32 Å². The van der Waals surface area contributed by atoms with E-state index in [1.807, 2.05) is 6.92 Å². The Morgan fingerprint density at radius 1 is 1.35 bits per heavy atom. The Morgan fingerprint density at radius 2 is 2.00 bits per heavy atom. The topological polar surface area (TPSA) is 21.3 Å². The maximum Gasteiger partial charge on any atom is 0.416 e. The molecule has 5 heteroatoms. The molecule has 0 aliphatic heterocycles. The van der Waals surface area contributed by atoms with Crippen molar-refractivity contribution < 1.29 is 17.9 Å². The molecule has 1 atom stereocenters. The summed E-state index contributed by atoms with van der Waals surface area (Å²) in [5.74, 6) is 0. The van der Waals surface area contributed by atoms with Crippen molar-refractivity contribution in [1.29, 1.82) is 0 Å². The molecule has 0 radical (unpaired) electrons. The first kappa shape index (κ1) is 13.8. The van der Waals surface area contributed by atoms with E-state index in [0.717, 1.165) is 17.7 Å². The third kappa shape index (κ3) is 3.93. The molecular weight excluding hydrogens is 231 g/mol. The van der Waals surface area contributed by atoms with Crippen LogP contribution in [-0.2, 0) is 10.9 Å². The Hall–Kier alpha value is -1.23. The van der Waals surface area contributed by atoms with Crippen LogP contribution in [0.5, 0.6) is 0 Å². The molecule has 0 saturated heterocycles. The lowest BCUT2D eigenvalue weighted by atomic mass is 10.1. The minimum absolute atomic E-state index is 0.0519. The molecule has 1 unspecified atom stereocenters. The largest absolute Gasteiger partial charge is 0.416 e. The summed E-state index contributed by atoms with van der Waals surface area (Å²) in [4.78, 5) is 0. The first-order chi connectivity index (χ1) is 7.84. The van der Waals surface area contributed by atoms with Crippen LogP contribution in [0, 0.1) is 6.92 Å². The lowest BCUT2D eigenvalue weighted by Gasteiger charge is -2.15. The number of ether oxygens (including phenoxy) is 1. The lowest BCUT2D eigenvalue weighted by molar-refractivity contribution is -0.137. The molecule has 1 aromatic carbocycles. The molecule has 0 spiro atoms. The van der Waals surface area contributed by atoms with Gasteiger partial charge in [-0.2, -0.15) is 13.2 Å². The average molecular weight is 247 g/mol. The number of alkyl halides is 3. The standard InChI is InChI=1S/C12H16F3NO/c1-8-4-5-10(12(13,14)15)6-11(8)16-7-9(2)17-3/h4-6,9,16H,7H2,1-3H3. The van der Waals surface area contributed by atoms with E-state index in [1.165, 1.54) is 6.07 Å². The van der Waals surface area contributed by atoms with Crippen molar-refractivity contribution in [2.24, 2.45) is 0 Å². The fourth-order valence-electron chi connectivity index (χ4n) is 1.33. The first-order valence-corrected chi connectivity index (χ1v) is 5.29. The quantitative estimate of drug-likeness (QED) is 0.879. The van der Waals surface area contributed by atoms with Gasteiger partial charge < -0.3 is 10.1 Å². The zero-order valence-corrected chi connectivity index (χ0v) is 10.1. The fourth-order valence-corrected chi connectivity index (χ4v) is 1.33. The third-order valence-corrected chi connectivity index (χ3v) is 2.55. The SMILES string of the molecule is COC(C)CNc1cc(C(F)(F)F)ccc1C. The second kappa shape index (κ2) is 5.40. The summed E-state index contributed by atoms with van der Waals surface area (Å²) in [6.07, 6.45) is -4.36. The van der Waals surface area contributed by atoms with Gasteiger partial charge in [0.2, 0.25) is 0 Å². The van der Waals surface area contributed by atoms with Crippen molar-refractivity contribution in [3.63, 3.8) is 0 Å². The molecule has 0 heterocycles. The van der Waals surface area contributed by atoms with Crippen molar-refractivity contribution in [1.82, 2.24) is 0 Å². The number of halogens is 3. The van der Waals surface area contributed by atoms with Crippen LogP contribution in [-0.4, -0.2) is 19.8 Å². The predicted octanol–water partition coefficient (Wildman–Crippen LogP) is 3.46. The van der Waals surface area contributed by atoms with E-state index in [2.05, 4.69) is 5.32 Å². The van der Waals surface area contributed by atoms with Crippen molar-refractivity contribution in [2.45, 2.75) is 26.1 Å². The Kier molecular flexibility index (Phi) is 4.40. The molecule has 0 saturated carbocycles. The van der Waals surface area contributed by atoms with E-state index in [1.54, 1.807) is 14.0 Å². The Morgan fingerprint density at radius 3 is 2.53 bits per heavy atom. The number of benzene rings is 1. The van der Waals surface area contributed by atoms with E-state index in [-0.39, 0.29) is 6.10 Å². The number of anilines is 1. The van der Waals surface area contributed by atoms with E-state index in [4.69, 9.17) is 4.74 Å². The zero-order chi connectivity index (χ0) is 13.1.